The van der Waals surface area contributed by atoms with Gasteiger partial charge in [-0.05, 0) is 37.6 Å². The first kappa shape index (κ1) is 15.6. The van der Waals surface area contributed by atoms with E-state index >= 15 is 0 Å². The molecule has 0 fully saturated rings. The molecular formula is C14H22FNO3. The quantitative estimate of drug-likeness (QED) is 0.701. The molecule has 4 nitrogen and oxygen atoms in total. The van der Waals surface area contributed by atoms with Crippen LogP contribution in [0.25, 0.3) is 0 Å². The van der Waals surface area contributed by atoms with Gasteiger partial charge in [0.25, 0.3) is 0 Å². The van der Waals surface area contributed by atoms with E-state index in [0.717, 1.165) is 31.5 Å². The Morgan fingerprint density at radius 2 is 1.79 bits per heavy atom. The zero-order chi connectivity index (χ0) is 14.1. The summed E-state index contributed by atoms with van der Waals surface area (Å²) in [6, 6.07) is 3.49. The van der Waals surface area contributed by atoms with Crippen LogP contribution in [-0.2, 0) is 6.42 Å². The molecule has 19 heavy (non-hydrogen) atoms. The van der Waals surface area contributed by atoms with Gasteiger partial charge in [0.1, 0.15) is 5.75 Å². The van der Waals surface area contributed by atoms with Crippen LogP contribution in [0.3, 0.4) is 0 Å². The molecule has 1 N–H and O–H groups in total. The number of hydrogen-bond acceptors (Lipinski definition) is 4. The summed E-state index contributed by atoms with van der Waals surface area (Å²) < 4.78 is 27.7. The molecule has 0 atom stereocenters. The Morgan fingerprint density at radius 3 is 2.37 bits per heavy atom. The lowest BCUT2D eigenvalue weighted by Gasteiger charge is -2.14. The van der Waals surface area contributed by atoms with Gasteiger partial charge in [-0.15, -0.1) is 0 Å². The maximum Gasteiger partial charge on any atom is 0.228 e. The van der Waals surface area contributed by atoms with Crippen molar-refractivity contribution in [2.45, 2.75) is 19.8 Å². The average Bonchev–Trinajstić information content (AvgIpc) is 2.44. The number of rotatable bonds is 9. The number of hydrogen-bond donors (Lipinski definition) is 1. The van der Waals surface area contributed by atoms with Crippen molar-refractivity contribution in [3.63, 3.8) is 0 Å². The third-order valence-corrected chi connectivity index (χ3v) is 2.77. The van der Waals surface area contributed by atoms with Crippen molar-refractivity contribution in [1.29, 1.82) is 0 Å². The average molecular weight is 271 g/mol. The van der Waals surface area contributed by atoms with Crippen molar-refractivity contribution in [3.8, 4) is 17.2 Å². The second kappa shape index (κ2) is 8.58. The maximum atomic E-state index is 12.3. The van der Waals surface area contributed by atoms with E-state index in [-0.39, 0.29) is 0 Å². The van der Waals surface area contributed by atoms with Gasteiger partial charge >= 0.3 is 0 Å². The van der Waals surface area contributed by atoms with Crippen LogP contribution in [-0.4, -0.2) is 34.2 Å². The summed E-state index contributed by atoms with van der Waals surface area (Å²) >= 11 is 0. The van der Waals surface area contributed by atoms with E-state index in [4.69, 9.17) is 14.2 Å². The van der Waals surface area contributed by atoms with Gasteiger partial charge in [-0.3, -0.25) is 0 Å². The fourth-order valence-electron chi connectivity index (χ4n) is 1.82. The minimum Gasteiger partial charge on any atom is -0.496 e. The van der Waals surface area contributed by atoms with Crippen LogP contribution in [0.5, 0.6) is 17.2 Å². The molecule has 0 bridgehead atoms. The molecule has 0 aliphatic heterocycles. The Morgan fingerprint density at radius 1 is 1.05 bits per heavy atom. The van der Waals surface area contributed by atoms with Crippen molar-refractivity contribution >= 4 is 0 Å². The highest BCUT2D eigenvalue weighted by molar-refractivity contribution is 5.50. The van der Waals surface area contributed by atoms with Crippen LogP contribution in [0.15, 0.2) is 12.1 Å². The van der Waals surface area contributed by atoms with Gasteiger partial charge in [0, 0.05) is 6.07 Å². The summed E-state index contributed by atoms with van der Waals surface area (Å²) in [5.74, 6) is 1.55. The van der Waals surface area contributed by atoms with Crippen LogP contribution in [0.1, 0.15) is 18.9 Å². The highest BCUT2D eigenvalue weighted by Gasteiger charge is 2.12. The van der Waals surface area contributed by atoms with Crippen molar-refractivity contribution in [2.75, 3.05) is 34.2 Å². The second-order valence-electron chi connectivity index (χ2n) is 4.07. The molecule has 1 aromatic rings. The maximum absolute atomic E-state index is 12.3. The molecule has 1 rings (SSSR count). The predicted octanol–water partition coefficient (Wildman–Crippen LogP) is 2.55. The SMILES string of the molecule is CCCNCCc1cc(OC)c(OCF)cc1OC. The first-order chi connectivity index (χ1) is 9.26. The smallest absolute Gasteiger partial charge is 0.228 e. The lowest BCUT2D eigenvalue weighted by atomic mass is 10.1. The number of nitrogens with one attached hydrogen (secondary N) is 1. The summed E-state index contributed by atoms with van der Waals surface area (Å²) in [5.41, 5.74) is 1.01. The topological polar surface area (TPSA) is 39.7 Å². The summed E-state index contributed by atoms with van der Waals surface area (Å²) in [5, 5.41) is 3.32. The van der Waals surface area contributed by atoms with E-state index in [9.17, 15) is 4.39 Å². The lowest BCUT2D eigenvalue weighted by Crippen LogP contribution is -2.18. The molecule has 0 aliphatic carbocycles. The van der Waals surface area contributed by atoms with Crippen LogP contribution in [0.2, 0.25) is 0 Å². The minimum atomic E-state index is -0.892. The number of ether oxygens (including phenoxy) is 3. The zero-order valence-corrected chi connectivity index (χ0v) is 11.8. The van der Waals surface area contributed by atoms with E-state index in [0.29, 0.717) is 17.2 Å². The van der Waals surface area contributed by atoms with E-state index in [1.807, 2.05) is 6.07 Å². The molecule has 0 saturated heterocycles. The summed E-state index contributed by atoms with van der Waals surface area (Å²) in [7, 11) is 3.12. The van der Waals surface area contributed by atoms with Crippen molar-refractivity contribution in [3.05, 3.63) is 17.7 Å². The summed E-state index contributed by atoms with van der Waals surface area (Å²) in [4.78, 5) is 0. The van der Waals surface area contributed by atoms with E-state index in [2.05, 4.69) is 12.2 Å². The van der Waals surface area contributed by atoms with Gasteiger partial charge in [-0.25, -0.2) is 4.39 Å². The van der Waals surface area contributed by atoms with Crippen molar-refractivity contribution in [2.24, 2.45) is 0 Å². The fourth-order valence-corrected chi connectivity index (χ4v) is 1.82. The molecule has 0 aliphatic rings. The molecule has 0 saturated carbocycles. The van der Waals surface area contributed by atoms with Gasteiger partial charge in [0.05, 0.1) is 14.2 Å². The Kier molecular flexibility index (Phi) is 7.03. The first-order valence-electron chi connectivity index (χ1n) is 6.41. The Hall–Kier alpha value is -1.49. The van der Waals surface area contributed by atoms with Crippen LogP contribution >= 0.6 is 0 Å². The molecule has 0 aromatic heterocycles. The Balaban J connectivity index is 2.83. The van der Waals surface area contributed by atoms with Gasteiger partial charge in [0.2, 0.25) is 6.86 Å². The summed E-state index contributed by atoms with van der Waals surface area (Å²) in [6.07, 6.45) is 1.92. The molecule has 0 unspecified atom stereocenters. The Bertz CT molecular complexity index is 385. The number of methoxy groups -OCH3 is 2. The highest BCUT2D eigenvalue weighted by Crippen LogP contribution is 2.35. The molecule has 0 amide bonds. The third kappa shape index (κ3) is 4.59. The molecule has 108 valence electrons. The third-order valence-electron chi connectivity index (χ3n) is 2.77. The van der Waals surface area contributed by atoms with Crippen LogP contribution in [0.4, 0.5) is 4.39 Å². The molecule has 0 heterocycles. The van der Waals surface area contributed by atoms with Gasteiger partial charge in [0.15, 0.2) is 11.5 Å². The standard InChI is InChI=1S/C14H22FNO3/c1-4-6-16-7-5-11-8-13(18-3)14(19-10-15)9-12(11)17-2/h8-9,16H,4-7,10H2,1-3H3. The molecule has 5 heteroatoms. The predicted molar refractivity (Wildman–Crippen MR) is 73.0 cm³/mol. The van der Waals surface area contributed by atoms with Gasteiger partial charge in [-0.1, -0.05) is 6.92 Å². The second-order valence-corrected chi connectivity index (χ2v) is 4.07. The number of alkyl halides is 1. The highest BCUT2D eigenvalue weighted by atomic mass is 19.1. The summed E-state index contributed by atoms with van der Waals surface area (Å²) in [6.45, 7) is 3.08. The lowest BCUT2D eigenvalue weighted by molar-refractivity contribution is 0.184. The molecule has 1 aromatic carbocycles. The number of benzene rings is 1. The van der Waals surface area contributed by atoms with E-state index < -0.39 is 6.86 Å². The van der Waals surface area contributed by atoms with Gasteiger partial charge < -0.3 is 19.5 Å². The largest absolute Gasteiger partial charge is 0.496 e. The minimum absolute atomic E-state index is 0.354. The monoisotopic (exact) mass is 271 g/mol. The molecule has 0 radical (unpaired) electrons. The normalized spacial score (nSPS) is 10.3. The van der Waals surface area contributed by atoms with Crippen LogP contribution < -0.4 is 19.5 Å². The van der Waals surface area contributed by atoms with Gasteiger partial charge in [-0.2, -0.15) is 0 Å². The first-order valence-corrected chi connectivity index (χ1v) is 6.41. The van der Waals surface area contributed by atoms with Crippen LogP contribution in [0, 0.1) is 0 Å². The number of halogens is 1. The zero-order valence-electron chi connectivity index (χ0n) is 11.8. The Labute approximate surface area is 113 Å². The van der Waals surface area contributed by atoms with Crippen molar-refractivity contribution < 1.29 is 18.6 Å². The fraction of sp³-hybridized carbons (Fsp3) is 0.571. The van der Waals surface area contributed by atoms with E-state index in [1.165, 1.54) is 7.11 Å². The van der Waals surface area contributed by atoms with Crippen molar-refractivity contribution in [1.82, 2.24) is 5.32 Å². The van der Waals surface area contributed by atoms with E-state index in [1.54, 1.807) is 13.2 Å². The molecule has 0 spiro atoms. The molecular weight excluding hydrogens is 249 g/mol.